The first-order valence-electron chi connectivity index (χ1n) is 10.6. The predicted octanol–water partition coefficient (Wildman–Crippen LogP) is -3.72. The first kappa shape index (κ1) is 27.2. The number of aliphatic hydroxyl groups excluding tert-OH is 7. The number of esters is 1. The van der Waals surface area contributed by atoms with E-state index in [4.69, 9.17) is 18.9 Å². The third kappa shape index (κ3) is 6.25. The molecule has 0 amide bonds. The summed E-state index contributed by atoms with van der Waals surface area (Å²) in [4.78, 5) is 12.1. The summed E-state index contributed by atoms with van der Waals surface area (Å²) in [5.41, 5.74) is 0.337. The minimum Gasteiger partial charge on any atom is -0.504 e. The van der Waals surface area contributed by atoms with Gasteiger partial charge in [0.1, 0.15) is 48.8 Å². The highest BCUT2D eigenvalue weighted by Gasteiger charge is 2.48. The van der Waals surface area contributed by atoms with Gasteiger partial charge in [-0.2, -0.15) is 0 Å². The van der Waals surface area contributed by atoms with Gasteiger partial charge < -0.3 is 64.9 Å². The van der Waals surface area contributed by atoms with E-state index in [1.54, 1.807) is 0 Å². The standard InChI is InChI=1S/C21H28O14/c22-6-11-14(26)16(28)18(30)20(33-11)32-7-12-15(27)17(29)19(31)21(34-12)35-13(25)4-2-8-1-3-9(23)10(24)5-8/h1-5,11-12,14-24,26-31H,6-7H2. The fourth-order valence-corrected chi connectivity index (χ4v) is 3.51. The molecule has 2 heterocycles. The van der Waals surface area contributed by atoms with Crippen LogP contribution >= 0.6 is 0 Å². The van der Waals surface area contributed by atoms with E-state index in [0.717, 1.165) is 6.08 Å². The Morgan fingerprint density at radius 3 is 2.06 bits per heavy atom. The number of carbonyl (C=O) groups excluding carboxylic acids is 1. The van der Waals surface area contributed by atoms with Crippen molar-refractivity contribution in [1.29, 1.82) is 0 Å². The number of aromatic hydroxyl groups is 2. The Labute approximate surface area is 198 Å². The van der Waals surface area contributed by atoms with Crippen LogP contribution in [0.15, 0.2) is 24.3 Å². The lowest BCUT2D eigenvalue weighted by Gasteiger charge is -2.42. The fourth-order valence-electron chi connectivity index (χ4n) is 3.51. The molecule has 0 aromatic heterocycles. The van der Waals surface area contributed by atoms with Crippen molar-refractivity contribution in [3.8, 4) is 11.5 Å². The van der Waals surface area contributed by atoms with Gasteiger partial charge in [0.05, 0.1) is 13.2 Å². The van der Waals surface area contributed by atoms with Crippen molar-refractivity contribution in [3.63, 3.8) is 0 Å². The number of phenolic OH excluding ortho intramolecular Hbond substituents is 2. The summed E-state index contributed by atoms with van der Waals surface area (Å²) in [6, 6.07) is 3.78. The Morgan fingerprint density at radius 1 is 0.829 bits per heavy atom. The topological polar surface area (TPSA) is 236 Å². The molecule has 0 spiro atoms. The van der Waals surface area contributed by atoms with Gasteiger partial charge in [-0.1, -0.05) is 6.07 Å². The molecular formula is C21H28O14. The quantitative estimate of drug-likeness (QED) is 0.0986. The van der Waals surface area contributed by atoms with Gasteiger partial charge in [0, 0.05) is 6.08 Å². The second kappa shape index (κ2) is 11.6. The zero-order valence-electron chi connectivity index (χ0n) is 18.1. The maximum absolute atomic E-state index is 12.1. The molecule has 3 rings (SSSR count). The van der Waals surface area contributed by atoms with E-state index in [-0.39, 0.29) is 5.75 Å². The maximum Gasteiger partial charge on any atom is 0.333 e. The number of hydrogen-bond acceptors (Lipinski definition) is 14. The van der Waals surface area contributed by atoms with E-state index in [1.165, 1.54) is 24.3 Å². The first-order valence-corrected chi connectivity index (χ1v) is 10.6. The van der Waals surface area contributed by atoms with E-state index in [1.807, 2.05) is 0 Å². The Balaban J connectivity index is 1.60. The highest BCUT2D eigenvalue weighted by Crippen LogP contribution is 2.27. The smallest absolute Gasteiger partial charge is 0.333 e. The Morgan fingerprint density at radius 2 is 1.43 bits per heavy atom. The Bertz CT molecular complexity index is 891. The van der Waals surface area contributed by atoms with Crippen LogP contribution in [0.5, 0.6) is 11.5 Å². The fraction of sp³-hybridized carbons (Fsp3) is 0.571. The molecule has 2 saturated heterocycles. The monoisotopic (exact) mass is 504 g/mol. The van der Waals surface area contributed by atoms with Gasteiger partial charge in [0.2, 0.25) is 6.29 Å². The highest BCUT2D eigenvalue weighted by molar-refractivity contribution is 5.87. The first-order chi connectivity index (χ1) is 16.5. The number of ether oxygens (including phenoxy) is 4. The maximum atomic E-state index is 12.1. The van der Waals surface area contributed by atoms with Gasteiger partial charge in [-0.3, -0.25) is 0 Å². The van der Waals surface area contributed by atoms with Crippen LogP contribution in [0.3, 0.4) is 0 Å². The summed E-state index contributed by atoms with van der Waals surface area (Å²) in [6.07, 6.45) is -14.1. The van der Waals surface area contributed by atoms with Gasteiger partial charge in [0.25, 0.3) is 0 Å². The van der Waals surface area contributed by atoms with E-state index < -0.39 is 86.3 Å². The number of hydrogen-bond donors (Lipinski definition) is 9. The Hall–Kier alpha value is -2.37. The number of carbonyl (C=O) groups is 1. The molecule has 14 nitrogen and oxygen atoms in total. The van der Waals surface area contributed by atoms with Crippen LogP contribution in [0.25, 0.3) is 6.08 Å². The zero-order valence-corrected chi connectivity index (χ0v) is 18.1. The highest BCUT2D eigenvalue weighted by atomic mass is 16.7. The molecule has 1 aromatic carbocycles. The van der Waals surface area contributed by atoms with Gasteiger partial charge >= 0.3 is 5.97 Å². The lowest BCUT2D eigenvalue weighted by Crippen LogP contribution is -2.61. The van der Waals surface area contributed by atoms with Crippen molar-refractivity contribution in [2.45, 2.75) is 61.4 Å². The molecule has 2 aliphatic heterocycles. The van der Waals surface area contributed by atoms with Crippen LogP contribution < -0.4 is 0 Å². The van der Waals surface area contributed by atoms with Gasteiger partial charge in [-0.15, -0.1) is 0 Å². The van der Waals surface area contributed by atoms with Crippen LogP contribution in [0.2, 0.25) is 0 Å². The number of aliphatic hydroxyl groups is 7. The normalized spacial score (nSPS) is 37.9. The van der Waals surface area contributed by atoms with E-state index in [0.29, 0.717) is 5.56 Å². The van der Waals surface area contributed by atoms with Crippen LogP contribution in [0.4, 0.5) is 0 Å². The summed E-state index contributed by atoms with van der Waals surface area (Å²) in [7, 11) is 0. The molecular weight excluding hydrogens is 476 g/mol. The molecule has 0 aliphatic carbocycles. The van der Waals surface area contributed by atoms with Crippen molar-refractivity contribution in [2.75, 3.05) is 13.2 Å². The number of phenols is 2. The van der Waals surface area contributed by atoms with Gasteiger partial charge in [-0.25, -0.2) is 4.79 Å². The molecule has 9 N–H and O–H groups in total. The van der Waals surface area contributed by atoms with Crippen molar-refractivity contribution in [1.82, 2.24) is 0 Å². The van der Waals surface area contributed by atoms with E-state index >= 15 is 0 Å². The number of rotatable bonds is 7. The summed E-state index contributed by atoms with van der Waals surface area (Å²) in [5.74, 6) is -1.78. The zero-order chi connectivity index (χ0) is 25.9. The molecule has 196 valence electrons. The van der Waals surface area contributed by atoms with Crippen molar-refractivity contribution in [2.24, 2.45) is 0 Å². The summed E-state index contributed by atoms with van der Waals surface area (Å²) in [5, 5.41) is 88.1. The lowest BCUT2D eigenvalue weighted by molar-refractivity contribution is -0.326. The number of benzene rings is 1. The van der Waals surface area contributed by atoms with Crippen LogP contribution in [0.1, 0.15) is 5.56 Å². The summed E-state index contributed by atoms with van der Waals surface area (Å²) < 4.78 is 20.8. The average molecular weight is 504 g/mol. The minimum atomic E-state index is -1.83. The summed E-state index contributed by atoms with van der Waals surface area (Å²) >= 11 is 0. The molecule has 10 atom stereocenters. The minimum absolute atomic E-state index is 0.337. The van der Waals surface area contributed by atoms with E-state index in [2.05, 4.69) is 0 Å². The molecule has 0 saturated carbocycles. The lowest BCUT2D eigenvalue weighted by atomic mass is 9.98. The molecule has 0 bridgehead atoms. The molecule has 2 aliphatic rings. The second-order valence-electron chi connectivity index (χ2n) is 8.06. The van der Waals surface area contributed by atoms with Crippen molar-refractivity contribution in [3.05, 3.63) is 29.8 Å². The van der Waals surface area contributed by atoms with Crippen LogP contribution in [0, 0.1) is 0 Å². The molecule has 1 aromatic rings. The van der Waals surface area contributed by atoms with Crippen molar-refractivity contribution >= 4 is 12.0 Å². The molecule has 35 heavy (non-hydrogen) atoms. The Kier molecular flexibility index (Phi) is 9.00. The average Bonchev–Trinajstić information content (AvgIpc) is 2.84. The van der Waals surface area contributed by atoms with Gasteiger partial charge in [-0.05, 0) is 23.8 Å². The molecule has 14 heteroatoms. The SMILES string of the molecule is O=C(C=Cc1ccc(O)c(O)c1)OC1OC(COC2OC(CO)C(O)C(O)C2O)C(O)C(O)C1O. The second-order valence-corrected chi connectivity index (χ2v) is 8.06. The third-order valence-electron chi connectivity index (χ3n) is 5.59. The van der Waals surface area contributed by atoms with E-state index in [9.17, 15) is 50.8 Å². The van der Waals surface area contributed by atoms with Gasteiger partial charge in [0.15, 0.2) is 17.8 Å². The van der Waals surface area contributed by atoms with Crippen LogP contribution in [-0.2, 0) is 23.7 Å². The largest absolute Gasteiger partial charge is 0.504 e. The van der Waals surface area contributed by atoms with Crippen molar-refractivity contribution < 1.29 is 69.7 Å². The third-order valence-corrected chi connectivity index (χ3v) is 5.59. The molecule has 2 fully saturated rings. The predicted molar refractivity (Wildman–Crippen MR) is 111 cm³/mol. The summed E-state index contributed by atoms with van der Waals surface area (Å²) in [6.45, 7) is -1.27. The van der Waals surface area contributed by atoms with Crippen LogP contribution in [-0.4, -0.2) is 127 Å². The molecule has 0 radical (unpaired) electrons. The molecule has 10 unspecified atom stereocenters.